The first-order valence-electron chi connectivity index (χ1n) is 14.3. The lowest BCUT2D eigenvalue weighted by molar-refractivity contribution is -0.142. The predicted octanol–water partition coefficient (Wildman–Crippen LogP) is 4.15. The van der Waals surface area contributed by atoms with Crippen LogP contribution in [0.25, 0.3) is 0 Å². The van der Waals surface area contributed by atoms with Crippen molar-refractivity contribution in [2.24, 2.45) is 5.92 Å². The third kappa shape index (κ3) is 9.27. The van der Waals surface area contributed by atoms with Crippen LogP contribution in [0.1, 0.15) is 25.0 Å². The van der Waals surface area contributed by atoms with Gasteiger partial charge in [0, 0.05) is 37.6 Å². The molecular weight excluding hydrogens is 590 g/mol. The van der Waals surface area contributed by atoms with Crippen LogP contribution in [0.15, 0.2) is 83.8 Å². The van der Waals surface area contributed by atoms with E-state index in [2.05, 4.69) is 5.32 Å². The van der Waals surface area contributed by atoms with Gasteiger partial charge in [-0.3, -0.25) is 9.59 Å². The lowest BCUT2D eigenvalue weighted by Crippen LogP contribution is -2.52. The zero-order valence-electron chi connectivity index (χ0n) is 24.4. The number of nitrogens with one attached hydrogen (secondary N) is 1. The van der Waals surface area contributed by atoms with Gasteiger partial charge in [0.2, 0.25) is 15.9 Å². The molecule has 11 heteroatoms. The molecule has 1 atom stereocenters. The Morgan fingerprint density at radius 3 is 2.23 bits per heavy atom. The molecule has 1 aliphatic rings. The zero-order chi connectivity index (χ0) is 30.8. The summed E-state index contributed by atoms with van der Waals surface area (Å²) in [7, 11) is -3.65. The van der Waals surface area contributed by atoms with E-state index in [1.54, 1.807) is 12.1 Å². The van der Waals surface area contributed by atoms with Gasteiger partial charge in [0.1, 0.15) is 11.8 Å². The van der Waals surface area contributed by atoms with Crippen molar-refractivity contribution in [1.29, 1.82) is 0 Å². The fourth-order valence-electron chi connectivity index (χ4n) is 4.63. The van der Waals surface area contributed by atoms with Gasteiger partial charge in [0.05, 0.1) is 18.1 Å². The number of hydrogen-bond donors (Lipinski definition) is 1. The van der Waals surface area contributed by atoms with Crippen LogP contribution in [0.3, 0.4) is 0 Å². The summed E-state index contributed by atoms with van der Waals surface area (Å²) in [5.74, 6) is -0.0668. The van der Waals surface area contributed by atoms with Crippen molar-refractivity contribution < 1.29 is 27.5 Å². The Morgan fingerprint density at radius 2 is 1.60 bits per heavy atom. The summed E-state index contributed by atoms with van der Waals surface area (Å²) >= 11 is 6.09. The van der Waals surface area contributed by atoms with Crippen LogP contribution in [0, 0.1) is 5.92 Å². The molecule has 1 saturated heterocycles. The van der Waals surface area contributed by atoms with Crippen LogP contribution >= 0.6 is 11.6 Å². The van der Waals surface area contributed by atoms with Gasteiger partial charge in [-0.2, -0.15) is 4.31 Å². The lowest BCUT2D eigenvalue weighted by atomic mass is 10.0. The number of carbonyl (C=O) groups excluding carboxylic acids is 2. The van der Waals surface area contributed by atoms with Gasteiger partial charge >= 0.3 is 0 Å². The molecule has 1 heterocycles. The number of halogens is 1. The average Bonchev–Trinajstić information content (AvgIpc) is 3.02. The minimum atomic E-state index is -3.65. The van der Waals surface area contributed by atoms with Crippen molar-refractivity contribution in [3.8, 4) is 5.75 Å². The molecule has 0 aliphatic carbocycles. The molecule has 4 rings (SSSR count). The lowest BCUT2D eigenvalue weighted by Gasteiger charge is -2.31. The number of ether oxygens (including phenoxy) is 2. The van der Waals surface area contributed by atoms with Crippen molar-refractivity contribution in [3.05, 3.63) is 95.0 Å². The number of sulfonamides is 1. The van der Waals surface area contributed by atoms with Crippen molar-refractivity contribution in [2.75, 3.05) is 39.5 Å². The summed E-state index contributed by atoms with van der Waals surface area (Å²) < 4.78 is 38.4. The van der Waals surface area contributed by atoms with E-state index in [1.165, 1.54) is 33.5 Å². The highest BCUT2D eigenvalue weighted by Crippen LogP contribution is 2.22. The summed E-state index contributed by atoms with van der Waals surface area (Å²) in [5, 5.41) is 3.56. The van der Waals surface area contributed by atoms with Crippen molar-refractivity contribution in [1.82, 2.24) is 14.5 Å². The third-order valence-corrected chi connectivity index (χ3v) is 9.18. The van der Waals surface area contributed by atoms with Crippen LogP contribution in [-0.2, 0) is 37.3 Å². The molecule has 2 amide bonds. The van der Waals surface area contributed by atoms with Gasteiger partial charge in [0.15, 0.2) is 6.61 Å². The standard InChI is InChI=1S/C32H38ClN3O6S/c1-24(2)21-34-32(38)30(20-25-6-4-3-5-7-25)36(22-26-8-10-27(33)11-9-26)31(37)23-42-28-12-14-29(15-13-28)43(39,40)35-16-18-41-19-17-35/h3-15,24,30H,16-23H2,1-2H3,(H,34,38)/t30-/m0/s1. The summed E-state index contributed by atoms with van der Waals surface area (Å²) in [5.41, 5.74) is 1.73. The molecule has 3 aromatic rings. The quantitative estimate of drug-likeness (QED) is 0.305. The monoisotopic (exact) mass is 627 g/mol. The number of carbonyl (C=O) groups is 2. The van der Waals surface area contributed by atoms with Crippen molar-refractivity contribution >= 4 is 33.4 Å². The van der Waals surface area contributed by atoms with Gasteiger partial charge in [0.25, 0.3) is 5.91 Å². The Labute approximate surface area is 258 Å². The second-order valence-electron chi connectivity index (χ2n) is 10.8. The number of morpholine rings is 1. The first-order chi connectivity index (χ1) is 20.6. The van der Waals surface area contributed by atoms with E-state index in [0.717, 1.165) is 11.1 Å². The Kier molecular flexibility index (Phi) is 11.6. The Balaban J connectivity index is 1.54. The van der Waals surface area contributed by atoms with E-state index in [0.29, 0.717) is 50.0 Å². The molecule has 9 nitrogen and oxygen atoms in total. The summed E-state index contributed by atoms with van der Waals surface area (Å²) in [6.07, 6.45) is 0.318. The highest BCUT2D eigenvalue weighted by Gasteiger charge is 2.31. The Bertz CT molecular complexity index is 1440. The molecule has 0 unspecified atom stereocenters. The SMILES string of the molecule is CC(C)CNC(=O)[C@H](Cc1ccccc1)N(Cc1ccc(Cl)cc1)C(=O)COc1ccc(S(=O)(=O)N2CCOCC2)cc1. The van der Waals surface area contributed by atoms with E-state index >= 15 is 0 Å². The number of nitrogens with zero attached hydrogens (tertiary/aromatic N) is 2. The van der Waals surface area contributed by atoms with E-state index in [4.69, 9.17) is 21.1 Å². The molecular formula is C32H38ClN3O6S. The van der Waals surface area contributed by atoms with Crippen LogP contribution in [0.4, 0.5) is 0 Å². The summed E-state index contributed by atoms with van der Waals surface area (Å²) in [6.45, 7) is 5.63. The fourth-order valence-corrected chi connectivity index (χ4v) is 6.17. The molecule has 0 spiro atoms. The summed E-state index contributed by atoms with van der Waals surface area (Å²) in [6, 6.07) is 21.9. The Hall–Kier alpha value is -3.44. The largest absolute Gasteiger partial charge is 0.484 e. The van der Waals surface area contributed by atoms with Crippen LogP contribution < -0.4 is 10.1 Å². The number of amides is 2. The topological polar surface area (TPSA) is 105 Å². The van der Waals surface area contributed by atoms with Crippen LogP contribution in [0.5, 0.6) is 5.75 Å². The molecule has 0 aromatic heterocycles. The van der Waals surface area contributed by atoms with Gasteiger partial charge in [-0.05, 0) is 53.4 Å². The molecule has 1 N–H and O–H groups in total. The molecule has 0 radical (unpaired) electrons. The van der Waals surface area contributed by atoms with E-state index < -0.39 is 16.1 Å². The highest BCUT2D eigenvalue weighted by atomic mass is 35.5. The normalized spacial score (nSPS) is 14.7. The molecule has 1 aliphatic heterocycles. The van der Waals surface area contributed by atoms with E-state index in [9.17, 15) is 18.0 Å². The number of hydrogen-bond acceptors (Lipinski definition) is 6. The molecule has 0 saturated carbocycles. The second kappa shape index (κ2) is 15.3. The fraction of sp³-hybridized carbons (Fsp3) is 0.375. The first-order valence-corrected chi connectivity index (χ1v) is 16.1. The van der Waals surface area contributed by atoms with Crippen molar-refractivity contribution in [3.63, 3.8) is 0 Å². The molecule has 43 heavy (non-hydrogen) atoms. The molecule has 1 fully saturated rings. The smallest absolute Gasteiger partial charge is 0.261 e. The maximum absolute atomic E-state index is 13.8. The molecule has 3 aromatic carbocycles. The average molecular weight is 628 g/mol. The van der Waals surface area contributed by atoms with E-state index in [-0.39, 0.29) is 35.8 Å². The number of rotatable bonds is 13. The molecule has 0 bridgehead atoms. The van der Waals surface area contributed by atoms with Gasteiger partial charge in [-0.25, -0.2) is 8.42 Å². The van der Waals surface area contributed by atoms with Crippen LogP contribution in [0.2, 0.25) is 5.02 Å². The second-order valence-corrected chi connectivity index (χ2v) is 13.1. The van der Waals surface area contributed by atoms with Gasteiger partial charge in [-0.15, -0.1) is 0 Å². The zero-order valence-corrected chi connectivity index (χ0v) is 26.0. The third-order valence-electron chi connectivity index (χ3n) is 7.02. The van der Waals surface area contributed by atoms with Crippen LogP contribution in [-0.4, -0.2) is 74.9 Å². The minimum Gasteiger partial charge on any atom is -0.484 e. The Morgan fingerprint density at radius 1 is 0.953 bits per heavy atom. The van der Waals surface area contributed by atoms with Crippen molar-refractivity contribution in [2.45, 2.75) is 37.8 Å². The number of benzene rings is 3. The highest BCUT2D eigenvalue weighted by molar-refractivity contribution is 7.89. The molecule has 230 valence electrons. The minimum absolute atomic E-state index is 0.141. The summed E-state index contributed by atoms with van der Waals surface area (Å²) in [4.78, 5) is 29.0. The predicted molar refractivity (Wildman–Crippen MR) is 165 cm³/mol. The maximum atomic E-state index is 13.8. The maximum Gasteiger partial charge on any atom is 0.261 e. The van der Waals surface area contributed by atoms with Gasteiger partial charge in [-0.1, -0.05) is 67.9 Å². The first kappa shape index (κ1) is 32.5. The van der Waals surface area contributed by atoms with E-state index in [1.807, 2.05) is 56.3 Å². The van der Waals surface area contributed by atoms with Gasteiger partial charge < -0.3 is 19.7 Å².